The van der Waals surface area contributed by atoms with E-state index >= 15 is 0 Å². The van der Waals surface area contributed by atoms with E-state index < -0.39 is 23.8 Å². The molecule has 3 N–H and O–H groups in total. The van der Waals surface area contributed by atoms with Crippen molar-refractivity contribution in [2.75, 3.05) is 13.1 Å². The van der Waals surface area contributed by atoms with Crippen LogP contribution in [0, 0.1) is 5.92 Å². The molecule has 3 atom stereocenters. The molecule has 0 aromatic heterocycles. The number of hydrogen-bond donors (Lipinski definition) is 3. The lowest BCUT2D eigenvalue weighted by Crippen LogP contribution is -2.55. The molecule has 0 fully saturated rings. The van der Waals surface area contributed by atoms with Gasteiger partial charge in [-0.2, -0.15) is 0 Å². The molecule has 0 saturated heterocycles. The molecule has 34 heavy (non-hydrogen) atoms. The van der Waals surface area contributed by atoms with E-state index in [0.717, 1.165) is 12.8 Å². The van der Waals surface area contributed by atoms with Crippen molar-refractivity contribution in [3.05, 3.63) is 29.8 Å². The number of benzene rings is 1. The summed E-state index contributed by atoms with van der Waals surface area (Å²) >= 11 is 0. The highest BCUT2D eigenvalue weighted by Crippen LogP contribution is 2.30. The first-order valence-corrected chi connectivity index (χ1v) is 12.3. The van der Waals surface area contributed by atoms with Gasteiger partial charge in [0.05, 0.1) is 0 Å². The van der Waals surface area contributed by atoms with Gasteiger partial charge in [0.1, 0.15) is 23.4 Å². The summed E-state index contributed by atoms with van der Waals surface area (Å²) in [6.45, 7) is 13.8. The van der Waals surface area contributed by atoms with E-state index in [4.69, 9.17) is 4.74 Å². The number of amides is 3. The molecule has 0 saturated carbocycles. The van der Waals surface area contributed by atoms with E-state index in [-0.39, 0.29) is 30.0 Å². The number of phenols is 1. The van der Waals surface area contributed by atoms with Gasteiger partial charge < -0.3 is 25.4 Å². The van der Waals surface area contributed by atoms with Crippen molar-refractivity contribution in [1.29, 1.82) is 0 Å². The van der Waals surface area contributed by atoms with Crippen LogP contribution in [0.15, 0.2) is 24.3 Å². The Morgan fingerprint density at radius 1 is 1.09 bits per heavy atom. The van der Waals surface area contributed by atoms with Gasteiger partial charge in [0.15, 0.2) is 0 Å². The van der Waals surface area contributed by atoms with E-state index in [2.05, 4.69) is 10.6 Å². The Kier molecular flexibility index (Phi) is 11.9. The van der Waals surface area contributed by atoms with Crippen LogP contribution in [0.25, 0.3) is 0 Å². The molecule has 0 aliphatic rings. The van der Waals surface area contributed by atoms with Crippen LogP contribution in [-0.4, -0.2) is 52.6 Å². The Labute approximate surface area is 204 Å². The molecule has 0 aliphatic carbocycles. The second-order valence-electron chi connectivity index (χ2n) is 9.65. The van der Waals surface area contributed by atoms with Crippen LogP contribution in [0.1, 0.15) is 85.8 Å². The molecule has 1 aromatic rings. The van der Waals surface area contributed by atoms with Crippen LogP contribution in [-0.2, 0) is 14.3 Å². The van der Waals surface area contributed by atoms with E-state index in [1.807, 2.05) is 27.7 Å². The topological polar surface area (TPSA) is 108 Å². The van der Waals surface area contributed by atoms with Gasteiger partial charge in [-0.15, -0.1) is 0 Å². The Morgan fingerprint density at radius 3 is 2.26 bits per heavy atom. The Bertz CT molecular complexity index is 806. The van der Waals surface area contributed by atoms with Crippen molar-refractivity contribution in [2.24, 2.45) is 5.92 Å². The minimum Gasteiger partial charge on any atom is -0.508 e. The van der Waals surface area contributed by atoms with Crippen LogP contribution >= 0.6 is 0 Å². The summed E-state index contributed by atoms with van der Waals surface area (Å²) in [5, 5.41) is 16.2. The average Bonchev–Trinajstić information content (AvgIpc) is 2.76. The highest BCUT2D eigenvalue weighted by Gasteiger charge is 2.38. The first kappa shape index (κ1) is 29.3. The third kappa shape index (κ3) is 8.88. The summed E-state index contributed by atoms with van der Waals surface area (Å²) < 4.78 is 5.39. The molecular weight excluding hydrogens is 434 g/mol. The summed E-state index contributed by atoms with van der Waals surface area (Å²) in [6, 6.07) is 4.63. The number of para-hydroxylation sites is 1. The highest BCUT2D eigenvalue weighted by atomic mass is 16.6. The summed E-state index contributed by atoms with van der Waals surface area (Å²) in [4.78, 5) is 41.2. The summed E-state index contributed by atoms with van der Waals surface area (Å²) in [7, 11) is 0. The predicted molar refractivity (Wildman–Crippen MR) is 133 cm³/mol. The molecule has 192 valence electrons. The lowest BCUT2D eigenvalue weighted by Gasteiger charge is -2.36. The minimum atomic E-state index is -1.03. The molecule has 0 radical (unpaired) electrons. The maximum Gasteiger partial charge on any atom is 0.408 e. The second kappa shape index (κ2) is 13.8. The Morgan fingerprint density at radius 2 is 1.74 bits per heavy atom. The van der Waals surface area contributed by atoms with E-state index in [0.29, 0.717) is 24.9 Å². The fraction of sp³-hybridized carbons (Fsp3) is 0.654. The average molecular weight is 478 g/mol. The van der Waals surface area contributed by atoms with Crippen LogP contribution in [0.5, 0.6) is 5.75 Å². The SMILES string of the molecule is CCCCNC(=O)C(c1ccccc1O)N(CCC)C(=O)C(NC(=O)OC(C)(C)C)C(C)CC. The summed E-state index contributed by atoms with van der Waals surface area (Å²) in [5.41, 5.74) is -0.369. The van der Waals surface area contributed by atoms with Gasteiger partial charge >= 0.3 is 6.09 Å². The lowest BCUT2D eigenvalue weighted by atomic mass is 9.95. The quantitative estimate of drug-likeness (QED) is 0.383. The van der Waals surface area contributed by atoms with Gasteiger partial charge in [-0.3, -0.25) is 9.59 Å². The van der Waals surface area contributed by atoms with Crippen molar-refractivity contribution in [3.63, 3.8) is 0 Å². The smallest absolute Gasteiger partial charge is 0.408 e. The fourth-order valence-corrected chi connectivity index (χ4v) is 3.56. The third-order valence-electron chi connectivity index (χ3n) is 5.52. The first-order chi connectivity index (χ1) is 16.0. The number of rotatable bonds is 12. The zero-order valence-corrected chi connectivity index (χ0v) is 21.8. The highest BCUT2D eigenvalue weighted by molar-refractivity contribution is 5.92. The zero-order valence-electron chi connectivity index (χ0n) is 21.8. The molecule has 0 heterocycles. The van der Waals surface area contributed by atoms with Crippen molar-refractivity contribution in [2.45, 2.75) is 91.8 Å². The fourth-order valence-electron chi connectivity index (χ4n) is 3.56. The van der Waals surface area contributed by atoms with Gasteiger partial charge in [-0.1, -0.05) is 58.7 Å². The van der Waals surface area contributed by atoms with Crippen LogP contribution in [0.2, 0.25) is 0 Å². The number of nitrogens with zero attached hydrogens (tertiary/aromatic N) is 1. The third-order valence-corrected chi connectivity index (χ3v) is 5.52. The van der Waals surface area contributed by atoms with Gasteiger partial charge in [0.2, 0.25) is 11.8 Å². The van der Waals surface area contributed by atoms with E-state index in [1.165, 1.54) is 11.0 Å². The Hall–Kier alpha value is -2.77. The van der Waals surface area contributed by atoms with Crippen LogP contribution in [0.3, 0.4) is 0 Å². The predicted octanol–water partition coefficient (Wildman–Crippen LogP) is 4.53. The lowest BCUT2D eigenvalue weighted by molar-refractivity contribution is -0.143. The molecule has 3 unspecified atom stereocenters. The molecule has 8 heteroatoms. The van der Waals surface area contributed by atoms with Crippen molar-refractivity contribution in [1.82, 2.24) is 15.5 Å². The van der Waals surface area contributed by atoms with Crippen molar-refractivity contribution < 1.29 is 24.2 Å². The number of nitrogens with one attached hydrogen (secondary N) is 2. The number of phenolic OH excluding ortho intramolecular Hbond substituents is 1. The maximum absolute atomic E-state index is 13.9. The number of aromatic hydroxyl groups is 1. The molecular formula is C26H43N3O5. The number of carbonyl (C=O) groups is 3. The van der Waals surface area contributed by atoms with Crippen molar-refractivity contribution in [3.8, 4) is 5.75 Å². The maximum atomic E-state index is 13.9. The number of hydrogen-bond acceptors (Lipinski definition) is 5. The zero-order chi connectivity index (χ0) is 25.9. The molecule has 0 spiro atoms. The molecule has 1 rings (SSSR count). The van der Waals surface area contributed by atoms with E-state index in [9.17, 15) is 19.5 Å². The van der Waals surface area contributed by atoms with Gasteiger partial charge in [-0.25, -0.2) is 4.79 Å². The largest absolute Gasteiger partial charge is 0.508 e. The van der Waals surface area contributed by atoms with Crippen LogP contribution in [0.4, 0.5) is 4.79 Å². The molecule has 0 bridgehead atoms. The minimum absolute atomic E-state index is 0.0627. The number of alkyl carbamates (subject to hydrolysis) is 1. The van der Waals surface area contributed by atoms with E-state index in [1.54, 1.807) is 39.0 Å². The number of carbonyl (C=O) groups excluding carboxylic acids is 3. The number of ether oxygens (including phenoxy) is 1. The molecule has 0 aliphatic heterocycles. The number of unbranched alkanes of at least 4 members (excludes halogenated alkanes) is 1. The summed E-state index contributed by atoms with van der Waals surface area (Å²) in [6.07, 6.45) is 2.26. The normalized spacial score (nSPS) is 14.0. The monoisotopic (exact) mass is 477 g/mol. The first-order valence-electron chi connectivity index (χ1n) is 12.3. The standard InChI is InChI=1S/C26H43N3O5/c1-8-11-16-27-23(31)22(19-14-12-13-15-20(19)30)29(17-9-2)24(32)21(18(4)10-3)28-25(33)34-26(5,6)7/h12-15,18,21-22,30H,8-11,16-17H2,1-7H3,(H,27,31)(H,28,33). The molecule has 1 aromatic carbocycles. The van der Waals surface area contributed by atoms with Crippen LogP contribution < -0.4 is 10.6 Å². The Balaban J connectivity index is 3.41. The van der Waals surface area contributed by atoms with Gasteiger partial charge in [0, 0.05) is 18.7 Å². The van der Waals surface area contributed by atoms with Crippen molar-refractivity contribution >= 4 is 17.9 Å². The van der Waals surface area contributed by atoms with Gasteiger partial charge in [-0.05, 0) is 45.6 Å². The molecule has 8 nitrogen and oxygen atoms in total. The second-order valence-corrected chi connectivity index (χ2v) is 9.65. The van der Waals surface area contributed by atoms with Gasteiger partial charge in [0.25, 0.3) is 0 Å². The summed E-state index contributed by atoms with van der Waals surface area (Å²) in [5.74, 6) is -1.02. The molecule has 3 amide bonds.